The third-order valence-electron chi connectivity index (χ3n) is 2.79. The molecule has 0 aliphatic carbocycles. The van der Waals surface area contributed by atoms with E-state index in [0.717, 1.165) is 10.0 Å². The van der Waals surface area contributed by atoms with Crippen molar-refractivity contribution in [3.8, 4) is 17.5 Å². The fourth-order valence-corrected chi connectivity index (χ4v) is 2.83. The summed E-state index contributed by atoms with van der Waals surface area (Å²) < 4.78 is 31.6. The summed E-state index contributed by atoms with van der Waals surface area (Å²) in [5, 5.41) is 12.9. The molecule has 2 aromatic rings. The van der Waals surface area contributed by atoms with Crippen LogP contribution >= 0.6 is 35.1 Å². The van der Waals surface area contributed by atoms with Crippen LogP contribution in [0.4, 0.5) is 8.78 Å². The van der Waals surface area contributed by atoms with E-state index in [-0.39, 0.29) is 41.4 Å². The molecular weight excluding hydrogens is 385 g/mol. The second-order valence-corrected chi connectivity index (χ2v) is 7.21. The highest BCUT2D eigenvalue weighted by molar-refractivity contribution is 8.01. The average Bonchev–Trinajstić information content (AvgIpc) is 2.75. The van der Waals surface area contributed by atoms with E-state index in [1.54, 1.807) is 13.0 Å². The lowest BCUT2D eigenvalue weighted by Crippen LogP contribution is -2.23. The van der Waals surface area contributed by atoms with Gasteiger partial charge in [0.25, 0.3) is 0 Å². The first kappa shape index (κ1) is 18.6. The van der Waals surface area contributed by atoms with Crippen LogP contribution < -0.4 is 10.4 Å². The zero-order valence-corrected chi connectivity index (χ0v) is 14.7. The van der Waals surface area contributed by atoms with Gasteiger partial charge in [-0.05, 0) is 19.9 Å². The second-order valence-electron chi connectivity index (χ2n) is 4.42. The zero-order chi connectivity index (χ0) is 18.1. The number of aryl methyl sites for hydroxylation is 1. The van der Waals surface area contributed by atoms with Gasteiger partial charge in [-0.1, -0.05) is 23.2 Å². The van der Waals surface area contributed by atoms with E-state index in [9.17, 15) is 13.6 Å². The van der Waals surface area contributed by atoms with E-state index in [0.29, 0.717) is 4.68 Å². The van der Waals surface area contributed by atoms with Crippen LogP contribution in [0.1, 0.15) is 18.3 Å². The Balaban J connectivity index is 2.61. The number of ether oxygens (including phenoxy) is 1. The van der Waals surface area contributed by atoms with Crippen molar-refractivity contribution in [1.82, 2.24) is 13.8 Å². The van der Waals surface area contributed by atoms with E-state index in [4.69, 9.17) is 33.2 Å². The predicted octanol–water partition coefficient (Wildman–Crippen LogP) is 3.31. The maximum absolute atomic E-state index is 14.3. The number of alkyl halides is 3. The Morgan fingerprint density at radius 3 is 2.71 bits per heavy atom. The van der Waals surface area contributed by atoms with Crippen molar-refractivity contribution in [2.45, 2.75) is 17.8 Å². The third-order valence-corrected chi connectivity index (χ3v) is 4.01. The number of halogens is 4. The summed E-state index contributed by atoms with van der Waals surface area (Å²) in [4.78, 5) is 12.3. The standard InChI is InChI=1S/C13H10Cl2F2N4O2S/c1-3-23-11-5-10(9(16)4-8(11)6-18)20-12(22)21(7(2)19-20)24-13(14,15)17/h4-5H,3H2,1-2H3. The van der Waals surface area contributed by atoms with Crippen LogP contribution in [-0.2, 0) is 0 Å². The summed E-state index contributed by atoms with van der Waals surface area (Å²) in [6.07, 6.45) is 0. The average molecular weight is 395 g/mol. The number of benzene rings is 1. The summed E-state index contributed by atoms with van der Waals surface area (Å²) in [5.74, 6) is -0.720. The number of aromatic nitrogens is 3. The van der Waals surface area contributed by atoms with Gasteiger partial charge in [-0.15, -0.1) is 5.10 Å². The molecule has 0 bridgehead atoms. The lowest BCUT2D eigenvalue weighted by atomic mass is 10.2. The van der Waals surface area contributed by atoms with Crippen molar-refractivity contribution in [3.63, 3.8) is 0 Å². The van der Waals surface area contributed by atoms with Gasteiger partial charge in [0.15, 0.2) is 5.82 Å². The molecule has 0 saturated heterocycles. The Kier molecular flexibility index (Phi) is 5.42. The molecule has 1 aromatic heterocycles. The van der Waals surface area contributed by atoms with Crippen molar-refractivity contribution >= 4 is 35.1 Å². The molecule has 0 radical (unpaired) electrons. The zero-order valence-electron chi connectivity index (χ0n) is 12.4. The van der Waals surface area contributed by atoms with Crippen LogP contribution in [0, 0.1) is 24.1 Å². The summed E-state index contributed by atoms with van der Waals surface area (Å²) >= 11 is 10.7. The Bertz CT molecular complexity index is 871. The molecule has 11 heteroatoms. The van der Waals surface area contributed by atoms with Crippen LogP contribution in [-0.4, -0.2) is 24.3 Å². The molecule has 0 N–H and O–H groups in total. The lowest BCUT2D eigenvalue weighted by molar-refractivity contribution is 0.338. The van der Waals surface area contributed by atoms with Crippen LogP contribution in [0.2, 0.25) is 0 Å². The highest BCUT2D eigenvalue weighted by Crippen LogP contribution is 2.36. The molecule has 0 fully saturated rings. The maximum atomic E-state index is 14.3. The summed E-state index contributed by atoms with van der Waals surface area (Å²) in [6.45, 7) is 3.32. The van der Waals surface area contributed by atoms with Gasteiger partial charge in [-0.2, -0.15) is 14.3 Å². The van der Waals surface area contributed by atoms with Crippen molar-refractivity contribution < 1.29 is 13.5 Å². The Hall–Kier alpha value is -1.76. The van der Waals surface area contributed by atoms with Gasteiger partial charge < -0.3 is 4.74 Å². The van der Waals surface area contributed by atoms with Crippen molar-refractivity contribution in [2.24, 2.45) is 0 Å². The molecule has 1 heterocycles. The SMILES string of the molecule is CCOc1cc(-n2nc(C)n(SC(F)(Cl)Cl)c2=O)c(F)cc1C#N. The summed E-state index contributed by atoms with van der Waals surface area (Å²) in [6, 6.07) is 3.89. The van der Waals surface area contributed by atoms with E-state index in [1.165, 1.54) is 13.0 Å². The van der Waals surface area contributed by atoms with Crippen molar-refractivity contribution in [1.29, 1.82) is 5.26 Å². The van der Waals surface area contributed by atoms with Gasteiger partial charge in [0, 0.05) is 18.0 Å². The molecule has 0 atom stereocenters. The molecule has 24 heavy (non-hydrogen) atoms. The molecule has 2 rings (SSSR count). The quantitative estimate of drug-likeness (QED) is 0.727. The second kappa shape index (κ2) is 7.01. The first-order valence-corrected chi connectivity index (χ1v) is 8.02. The van der Waals surface area contributed by atoms with E-state index in [1.807, 2.05) is 0 Å². The smallest absolute Gasteiger partial charge is 0.361 e. The minimum Gasteiger partial charge on any atom is -0.492 e. The number of hydrogen-bond acceptors (Lipinski definition) is 5. The molecule has 128 valence electrons. The Morgan fingerprint density at radius 2 is 2.17 bits per heavy atom. The van der Waals surface area contributed by atoms with Gasteiger partial charge >= 0.3 is 9.61 Å². The molecule has 0 spiro atoms. The van der Waals surface area contributed by atoms with E-state index < -0.39 is 15.4 Å². The fourth-order valence-electron chi connectivity index (χ4n) is 1.89. The minimum absolute atomic E-state index is 0.0269. The molecular formula is C13H10Cl2F2N4O2S. The monoisotopic (exact) mass is 394 g/mol. The maximum Gasteiger partial charge on any atom is 0.361 e. The molecule has 0 amide bonds. The Labute approximate surface area is 149 Å². The largest absolute Gasteiger partial charge is 0.492 e. The normalized spacial score (nSPS) is 11.4. The lowest BCUT2D eigenvalue weighted by Gasteiger charge is -2.09. The molecule has 0 aliphatic rings. The van der Waals surface area contributed by atoms with Crippen LogP contribution in [0.25, 0.3) is 5.69 Å². The summed E-state index contributed by atoms with van der Waals surface area (Å²) in [5.41, 5.74) is -1.15. The van der Waals surface area contributed by atoms with Crippen molar-refractivity contribution in [3.05, 3.63) is 39.8 Å². The first-order chi connectivity index (χ1) is 11.2. The number of nitriles is 1. The Morgan fingerprint density at radius 1 is 1.50 bits per heavy atom. The predicted molar refractivity (Wildman–Crippen MR) is 86.9 cm³/mol. The van der Waals surface area contributed by atoms with Crippen molar-refractivity contribution in [2.75, 3.05) is 6.61 Å². The molecule has 0 aliphatic heterocycles. The van der Waals surface area contributed by atoms with Gasteiger partial charge in [0.1, 0.15) is 23.3 Å². The van der Waals surface area contributed by atoms with Crippen LogP contribution in [0.15, 0.2) is 16.9 Å². The number of hydrogen-bond donors (Lipinski definition) is 0. The van der Waals surface area contributed by atoms with Gasteiger partial charge in [-0.25, -0.2) is 13.2 Å². The minimum atomic E-state index is -2.76. The molecule has 1 aromatic carbocycles. The number of rotatable bonds is 5. The highest BCUT2D eigenvalue weighted by Gasteiger charge is 2.28. The van der Waals surface area contributed by atoms with Gasteiger partial charge in [0.2, 0.25) is 0 Å². The summed E-state index contributed by atoms with van der Waals surface area (Å²) in [7, 11) is 0. The fraction of sp³-hybridized carbons (Fsp3) is 0.308. The van der Waals surface area contributed by atoms with E-state index in [2.05, 4.69) is 5.10 Å². The molecule has 0 unspecified atom stereocenters. The van der Waals surface area contributed by atoms with Crippen LogP contribution in [0.3, 0.4) is 0 Å². The molecule has 6 nitrogen and oxygen atoms in total. The number of nitrogens with zero attached hydrogens (tertiary/aromatic N) is 4. The third kappa shape index (κ3) is 3.83. The first-order valence-electron chi connectivity index (χ1n) is 6.49. The van der Waals surface area contributed by atoms with Gasteiger partial charge in [0.05, 0.1) is 12.2 Å². The van der Waals surface area contributed by atoms with Crippen LogP contribution in [0.5, 0.6) is 5.75 Å². The highest BCUT2D eigenvalue weighted by atomic mass is 35.5. The van der Waals surface area contributed by atoms with E-state index >= 15 is 0 Å². The van der Waals surface area contributed by atoms with Gasteiger partial charge in [-0.3, -0.25) is 0 Å². The topological polar surface area (TPSA) is 72.8 Å². The molecule has 0 saturated carbocycles.